The Bertz CT molecular complexity index is 1800. The summed E-state index contributed by atoms with van der Waals surface area (Å²) in [5.74, 6) is -0.558. The number of hydrogen-bond donors (Lipinski definition) is 2. The van der Waals surface area contributed by atoms with Gasteiger partial charge in [0.15, 0.2) is 0 Å². The van der Waals surface area contributed by atoms with E-state index >= 15 is 0 Å². The number of aromatic nitrogens is 2. The van der Waals surface area contributed by atoms with E-state index < -0.39 is 53.2 Å². The average molecular weight is 775 g/mol. The number of thioether (sulfide) groups is 1. The van der Waals surface area contributed by atoms with Crippen LogP contribution in [0.2, 0.25) is 10.0 Å². The normalized spacial score (nSPS) is 27.3. The Morgan fingerprint density at radius 1 is 1.10 bits per heavy atom. The lowest BCUT2D eigenvalue weighted by atomic mass is 10.0. The van der Waals surface area contributed by atoms with Gasteiger partial charge in [-0.05, 0) is 71.9 Å². The Morgan fingerprint density at radius 3 is 2.54 bits per heavy atom. The molecule has 15 heteroatoms. The molecule has 6 rings (SSSR count). The van der Waals surface area contributed by atoms with Crippen LogP contribution in [0, 0.1) is 5.92 Å². The van der Waals surface area contributed by atoms with Gasteiger partial charge in [-0.3, -0.25) is 9.59 Å². The first kappa shape index (κ1) is 38.2. The number of hydrogen-bond acceptors (Lipinski definition) is 10. The van der Waals surface area contributed by atoms with E-state index in [1.54, 1.807) is 51.6 Å². The fourth-order valence-corrected chi connectivity index (χ4v) is 8.14. The molecule has 2 N–H and O–H groups in total. The molecule has 1 unspecified atom stereocenters. The van der Waals surface area contributed by atoms with Crippen LogP contribution in [0.15, 0.2) is 30.4 Å². The van der Waals surface area contributed by atoms with Gasteiger partial charge in [-0.1, -0.05) is 54.3 Å². The summed E-state index contributed by atoms with van der Waals surface area (Å²) in [6.45, 7) is 7.15. The number of nitrogens with one attached hydrogen (secondary N) is 2. The highest BCUT2D eigenvalue weighted by atomic mass is 35.5. The van der Waals surface area contributed by atoms with E-state index in [2.05, 4.69) is 16.7 Å². The molecule has 4 aliphatic rings. The fraction of sp³-hybridized carbons (Fsp3) is 0.568. The minimum Gasteiger partial charge on any atom is -0.471 e. The van der Waals surface area contributed by atoms with Crippen molar-refractivity contribution < 1.29 is 33.4 Å². The SMILES string of the molecule is CCOC(=O)[C@@]12C[C@H]1/C=C\CCCCC[C@H](NC(=O)OC(C)(C)C)C(=O)N1CC(Oc3nc4cc(Cl)c(Cl)cc4nc3C3=CCCS3)C[C@H]1C(=O)N2. The molecule has 3 aliphatic heterocycles. The second-order valence-corrected chi connectivity index (χ2v) is 16.5. The van der Waals surface area contributed by atoms with Crippen molar-refractivity contribution in [1.82, 2.24) is 25.5 Å². The van der Waals surface area contributed by atoms with E-state index in [1.165, 1.54) is 4.90 Å². The second-order valence-electron chi connectivity index (χ2n) is 14.6. The highest BCUT2D eigenvalue weighted by Gasteiger charge is 2.62. The number of amides is 3. The summed E-state index contributed by atoms with van der Waals surface area (Å²) in [6, 6.07) is 1.30. The third-order valence-electron chi connectivity index (χ3n) is 9.46. The number of benzene rings is 1. The largest absolute Gasteiger partial charge is 0.471 e. The minimum absolute atomic E-state index is 0.0197. The van der Waals surface area contributed by atoms with E-state index in [4.69, 9.17) is 47.4 Å². The lowest BCUT2D eigenvalue weighted by molar-refractivity contribution is -0.150. The summed E-state index contributed by atoms with van der Waals surface area (Å²) in [5, 5.41) is 6.43. The van der Waals surface area contributed by atoms with E-state index in [0.29, 0.717) is 46.0 Å². The van der Waals surface area contributed by atoms with Crippen molar-refractivity contribution in [1.29, 1.82) is 0 Å². The first-order valence-corrected chi connectivity index (χ1v) is 19.6. The second kappa shape index (κ2) is 15.8. The molecule has 1 aromatic heterocycles. The fourth-order valence-electron chi connectivity index (χ4n) is 6.86. The molecule has 4 heterocycles. The number of esters is 1. The molecule has 52 heavy (non-hydrogen) atoms. The Morgan fingerprint density at radius 2 is 1.85 bits per heavy atom. The van der Waals surface area contributed by atoms with Crippen LogP contribution < -0.4 is 15.4 Å². The number of rotatable bonds is 6. The predicted molar refractivity (Wildman–Crippen MR) is 200 cm³/mol. The van der Waals surface area contributed by atoms with Crippen molar-refractivity contribution >= 4 is 74.8 Å². The van der Waals surface area contributed by atoms with Gasteiger partial charge in [0.1, 0.15) is 35.0 Å². The first-order chi connectivity index (χ1) is 24.8. The highest BCUT2D eigenvalue weighted by Crippen LogP contribution is 2.46. The summed E-state index contributed by atoms with van der Waals surface area (Å²) in [5.41, 5.74) is -0.448. The molecule has 1 aromatic carbocycles. The summed E-state index contributed by atoms with van der Waals surface area (Å²) in [7, 11) is 0. The number of nitrogens with zero attached hydrogens (tertiary/aromatic N) is 3. The smallest absolute Gasteiger partial charge is 0.408 e. The molecule has 2 fully saturated rings. The Kier molecular flexibility index (Phi) is 11.6. The van der Waals surface area contributed by atoms with Crippen LogP contribution in [0.5, 0.6) is 5.88 Å². The predicted octanol–water partition coefficient (Wildman–Crippen LogP) is 6.61. The number of carbonyl (C=O) groups is 4. The molecule has 5 atom stereocenters. The molecule has 12 nitrogen and oxygen atoms in total. The van der Waals surface area contributed by atoms with Gasteiger partial charge in [0, 0.05) is 23.0 Å². The van der Waals surface area contributed by atoms with Crippen molar-refractivity contribution in [3.8, 4) is 5.88 Å². The number of fused-ring (bicyclic) bond motifs is 3. The van der Waals surface area contributed by atoms with E-state index in [9.17, 15) is 19.2 Å². The van der Waals surface area contributed by atoms with Gasteiger partial charge in [0.2, 0.25) is 17.7 Å². The van der Waals surface area contributed by atoms with Crippen LogP contribution in [0.1, 0.15) is 84.8 Å². The van der Waals surface area contributed by atoms with E-state index in [-0.39, 0.29) is 31.4 Å². The summed E-state index contributed by atoms with van der Waals surface area (Å²) >= 11 is 14.3. The number of ether oxygens (including phenoxy) is 3. The summed E-state index contributed by atoms with van der Waals surface area (Å²) in [6.07, 6.45) is 9.50. The standard InChI is InChI=1S/C37H45Cl2N5O7S/c1-5-49-34(47)37-19-21(37)12-9-7-6-8-10-13-25(42-35(48)51-36(2,3)4)33(46)44-20-22(16-28(44)31(45)43-37)50-32-30(29-14-11-15-52-29)40-26-17-23(38)24(39)18-27(26)41-32/h9,12,14,17-18,21-22,25,28H,5-8,10-11,13,15-16,19-20H2,1-4H3,(H,42,48)(H,43,45)/b12-9-/t21-,22?,25+,28+,37-/m1/s1. The molecule has 2 aromatic rings. The number of halogens is 2. The zero-order valence-corrected chi connectivity index (χ0v) is 32.2. The van der Waals surface area contributed by atoms with Crippen LogP contribution in [0.25, 0.3) is 15.9 Å². The quantitative estimate of drug-likeness (QED) is 0.243. The average Bonchev–Trinajstić information content (AvgIpc) is 3.38. The van der Waals surface area contributed by atoms with Crippen LogP contribution >= 0.6 is 35.0 Å². The van der Waals surface area contributed by atoms with Gasteiger partial charge >= 0.3 is 12.1 Å². The highest BCUT2D eigenvalue weighted by molar-refractivity contribution is 8.08. The van der Waals surface area contributed by atoms with E-state index in [0.717, 1.165) is 36.3 Å². The van der Waals surface area contributed by atoms with Crippen molar-refractivity contribution in [2.75, 3.05) is 18.9 Å². The van der Waals surface area contributed by atoms with E-state index in [1.807, 2.05) is 12.2 Å². The monoisotopic (exact) mass is 773 g/mol. The van der Waals surface area contributed by atoms with Crippen LogP contribution in [-0.2, 0) is 23.9 Å². The summed E-state index contributed by atoms with van der Waals surface area (Å²) < 4.78 is 17.5. The first-order valence-electron chi connectivity index (χ1n) is 17.9. The molecule has 1 saturated carbocycles. The Labute approximate surface area is 317 Å². The van der Waals surface area contributed by atoms with Crippen LogP contribution in [0.3, 0.4) is 0 Å². The third-order valence-corrected chi connectivity index (χ3v) is 11.3. The van der Waals surface area contributed by atoms with Crippen molar-refractivity contribution in [2.24, 2.45) is 5.92 Å². The van der Waals surface area contributed by atoms with Crippen molar-refractivity contribution in [2.45, 2.75) is 108 Å². The molecular formula is C37H45Cl2N5O7S. The maximum Gasteiger partial charge on any atom is 0.408 e. The zero-order valence-electron chi connectivity index (χ0n) is 29.8. The van der Waals surface area contributed by atoms with Gasteiger partial charge < -0.3 is 29.7 Å². The number of alkyl carbamates (subject to hydrolysis) is 1. The Balaban J connectivity index is 1.34. The minimum atomic E-state index is -1.23. The van der Waals surface area contributed by atoms with Crippen molar-refractivity contribution in [3.63, 3.8) is 0 Å². The number of allylic oxidation sites excluding steroid dienone is 2. The van der Waals surface area contributed by atoms with Crippen molar-refractivity contribution in [3.05, 3.63) is 46.1 Å². The Hall–Kier alpha value is -3.55. The van der Waals surface area contributed by atoms with Crippen LogP contribution in [0.4, 0.5) is 4.79 Å². The maximum absolute atomic E-state index is 14.5. The van der Waals surface area contributed by atoms with Crippen LogP contribution in [-0.4, -0.2) is 87.0 Å². The molecular weight excluding hydrogens is 729 g/mol. The maximum atomic E-state index is 14.5. The lowest BCUT2D eigenvalue weighted by Gasteiger charge is -2.30. The molecule has 280 valence electrons. The zero-order chi connectivity index (χ0) is 37.2. The molecule has 3 amide bonds. The van der Waals surface area contributed by atoms with Gasteiger partial charge in [-0.25, -0.2) is 19.6 Å². The lowest BCUT2D eigenvalue weighted by Crippen LogP contribution is -2.56. The molecule has 0 spiro atoms. The summed E-state index contributed by atoms with van der Waals surface area (Å²) in [4.78, 5) is 67.1. The van der Waals surface area contributed by atoms with Gasteiger partial charge in [-0.15, -0.1) is 11.8 Å². The third kappa shape index (κ3) is 8.63. The van der Waals surface area contributed by atoms with Gasteiger partial charge in [0.05, 0.1) is 34.2 Å². The van der Waals surface area contributed by atoms with Gasteiger partial charge in [0.25, 0.3) is 0 Å². The molecule has 1 saturated heterocycles. The molecule has 0 bridgehead atoms. The van der Waals surface area contributed by atoms with Gasteiger partial charge in [-0.2, -0.15) is 0 Å². The molecule has 1 aliphatic carbocycles. The number of carbonyl (C=O) groups excluding carboxylic acids is 4. The molecule has 0 radical (unpaired) electrons. The topological polar surface area (TPSA) is 149 Å².